The van der Waals surface area contributed by atoms with Gasteiger partial charge in [0.25, 0.3) is 5.91 Å². The van der Waals surface area contributed by atoms with E-state index in [9.17, 15) is 4.79 Å². The Hall–Kier alpha value is -2.20. The average Bonchev–Trinajstić information content (AvgIpc) is 2.66. The lowest BCUT2D eigenvalue weighted by Gasteiger charge is -2.17. The van der Waals surface area contributed by atoms with Crippen molar-refractivity contribution in [1.29, 1.82) is 0 Å². The highest BCUT2D eigenvalue weighted by molar-refractivity contribution is 6.32. The van der Waals surface area contributed by atoms with Crippen LogP contribution < -0.4 is 14.8 Å². The van der Waals surface area contributed by atoms with E-state index >= 15 is 0 Å². The molecule has 27 heavy (non-hydrogen) atoms. The summed E-state index contributed by atoms with van der Waals surface area (Å²) in [6, 6.07) is 9.37. The quantitative estimate of drug-likeness (QED) is 0.624. The fourth-order valence-corrected chi connectivity index (χ4v) is 3.10. The molecule has 4 nitrogen and oxygen atoms in total. The Morgan fingerprint density at radius 2 is 1.78 bits per heavy atom. The van der Waals surface area contributed by atoms with Gasteiger partial charge >= 0.3 is 0 Å². The molecule has 0 heterocycles. The van der Waals surface area contributed by atoms with E-state index in [0.29, 0.717) is 34.6 Å². The number of anilines is 1. The maximum Gasteiger partial charge on any atom is 0.255 e. The Kier molecular flexibility index (Phi) is 7.55. The maximum atomic E-state index is 12.9. The van der Waals surface area contributed by atoms with Gasteiger partial charge in [0.15, 0.2) is 11.5 Å². The zero-order chi connectivity index (χ0) is 20.0. The Morgan fingerprint density at radius 1 is 1.15 bits per heavy atom. The smallest absolute Gasteiger partial charge is 0.255 e. The number of benzene rings is 2. The predicted molar refractivity (Wildman–Crippen MR) is 111 cm³/mol. The van der Waals surface area contributed by atoms with Gasteiger partial charge in [-0.25, -0.2) is 0 Å². The molecule has 2 rings (SSSR count). The summed E-state index contributed by atoms with van der Waals surface area (Å²) in [5.41, 5.74) is 3.53. The normalized spacial score (nSPS) is 10.8. The van der Waals surface area contributed by atoms with Crippen LogP contribution in [0, 0.1) is 5.92 Å². The number of hydrogen-bond donors (Lipinski definition) is 1. The van der Waals surface area contributed by atoms with Crippen molar-refractivity contribution in [3.63, 3.8) is 0 Å². The first-order valence-corrected chi connectivity index (χ1v) is 9.71. The first kappa shape index (κ1) is 21.1. The van der Waals surface area contributed by atoms with Gasteiger partial charge in [0.2, 0.25) is 0 Å². The van der Waals surface area contributed by atoms with E-state index in [1.165, 1.54) is 7.11 Å². The van der Waals surface area contributed by atoms with E-state index in [1.54, 1.807) is 12.1 Å². The van der Waals surface area contributed by atoms with Gasteiger partial charge in [0.1, 0.15) is 0 Å². The zero-order valence-corrected chi connectivity index (χ0v) is 17.4. The molecule has 0 saturated heterocycles. The van der Waals surface area contributed by atoms with Crippen molar-refractivity contribution in [2.75, 3.05) is 19.0 Å². The highest BCUT2D eigenvalue weighted by atomic mass is 35.5. The third-order valence-corrected chi connectivity index (χ3v) is 4.57. The van der Waals surface area contributed by atoms with Gasteiger partial charge in [-0.3, -0.25) is 4.79 Å². The van der Waals surface area contributed by atoms with Gasteiger partial charge in [-0.2, -0.15) is 0 Å². The number of para-hydroxylation sites is 1. The van der Waals surface area contributed by atoms with E-state index < -0.39 is 0 Å². The van der Waals surface area contributed by atoms with Gasteiger partial charge in [-0.1, -0.05) is 57.5 Å². The number of rotatable bonds is 8. The molecule has 0 spiro atoms. The lowest BCUT2D eigenvalue weighted by molar-refractivity contribution is 0.102. The van der Waals surface area contributed by atoms with Crippen molar-refractivity contribution in [3.05, 3.63) is 52.0 Å². The van der Waals surface area contributed by atoms with Crippen molar-refractivity contribution in [3.8, 4) is 11.5 Å². The molecule has 1 N–H and O–H groups in total. The van der Waals surface area contributed by atoms with Crippen LogP contribution >= 0.6 is 11.6 Å². The SMILES string of the molecule is CCc1cccc(CC)c1NC(=O)c1cc(Cl)c(OCC(C)C)c(OC)c1. The summed E-state index contributed by atoms with van der Waals surface area (Å²) in [5, 5.41) is 3.41. The van der Waals surface area contributed by atoms with Crippen LogP contribution in [0.2, 0.25) is 5.02 Å². The summed E-state index contributed by atoms with van der Waals surface area (Å²) in [6.07, 6.45) is 1.69. The van der Waals surface area contributed by atoms with Crippen LogP contribution in [0.1, 0.15) is 49.2 Å². The topological polar surface area (TPSA) is 47.6 Å². The van der Waals surface area contributed by atoms with Crippen LogP contribution in [0.4, 0.5) is 5.69 Å². The van der Waals surface area contributed by atoms with Crippen molar-refractivity contribution < 1.29 is 14.3 Å². The minimum absolute atomic E-state index is 0.221. The Balaban J connectivity index is 2.34. The number of halogens is 1. The molecule has 0 aliphatic carbocycles. The van der Waals surface area contributed by atoms with Crippen LogP contribution in [0.25, 0.3) is 0 Å². The van der Waals surface area contributed by atoms with Crippen molar-refractivity contribution in [2.24, 2.45) is 5.92 Å². The van der Waals surface area contributed by atoms with Crippen molar-refractivity contribution in [2.45, 2.75) is 40.5 Å². The monoisotopic (exact) mass is 389 g/mol. The van der Waals surface area contributed by atoms with E-state index in [2.05, 4.69) is 33.0 Å². The molecular weight excluding hydrogens is 362 g/mol. The number of aryl methyl sites for hydroxylation is 2. The summed E-state index contributed by atoms with van der Waals surface area (Å²) in [6.45, 7) is 8.78. The average molecular weight is 390 g/mol. The highest BCUT2D eigenvalue weighted by Crippen LogP contribution is 2.37. The van der Waals surface area contributed by atoms with E-state index in [0.717, 1.165) is 29.7 Å². The molecule has 0 aliphatic rings. The van der Waals surface area contributed by atoms with Gasteiger partial charge in [0, 0.05) is 11.3 Å². The van der Waals surface area contributed by atoms with Gasteiger partial charge in [-0.15, -0.1) is 0 Å². The van der Waals surface area contributed by atoms with E-state index in [4.69, 9.17) is 21.1 Å². The van der Waals surface area contributed by atoms with Gasteiger partial charge in [0.05, 0.1) is 18.7 Å². The molecule has 0 aliphatic heterocycles. The Morgan fingerprint density at radius 3 is 2.30 bits per heavy atom. The standard InChI is InChI=1S/C22H28ClNO3/c1-6-15-9-8-10-16(7-2)20(15)24-22(25)17-11-18(23)21(19(12-17)26-5)27-13-14(3)4/h8-12,14H,6-7,13H2,1-5H3,(H,24,25). The summed E-state index contributed by atoms with van der Waals surface area (Å²) < 4.78 is 11.2. The summed E-state index contributed by atoms with van der Waals surface area (Å²) in [5.74, 6) is 1.05. The van der Waals surface area contributed by atoms with Crippen LogP contribution in [0.5, 0.6) is 11.5 Å². The molecule has 0 bridgehead atoms. The molecule has 5 heteroatoms. The third kappa shape index (κ3) is 5.16. The van der Waals surface area contributed by atoms with Gasteiger partial charge < -0.3 is 14.8 Å². The number of carbonyl (C=O) groups excluding carboxylic acids is 1. The molecule has 1 amide bonds. The van der Waals surface area contributed by atoms with Crippen molar-refractivity contribution >= 4 is 23.2 Å². The van der Waals surface area contributed by atoms with Crippen molar-refractivity contribution in [1.82, 2.24) is 0 Å². The zero-order valence-electron chi connectivity index (χ0n) is 16.7. The van der Waals surface area contributed by atoms with Crippen LogP contribution in [-0.2, 0) is 12.8 Å². The minimum Gasteiger partial charge on any atom is -0.493 e. The molecular formula is C22H28ClNO3. The third-order valence-electron chi connectivity index (χ3n) is 4.29. The fourth-order valence-electron chi connectivity index (χ4n) is 2.83. The van der Waals surface area contributed by atoms with E-state index in [1.807, 2.05) is 18.2 Å². The second kappa shape index (κ2) is 9.65. The van der Waals surface area contributed by atoms with Crippen LogP contribution in [-0.4, -0.2) is 19.6 Å². The summed E-state index contributed by atoms with van der Waals surface area (Å²) >= 11 is 6.38. The lowest BCUT2D eigenvalue weighted by Crippen LogP contribution is -2.15. The number of ether oxygens (including phenoxy) is 2. The largest absolute Gasteiger partial charge is 0.493 e. The number of nitrogens with one attached hydrogen (secondary N) is 1. The second-order valence-corrected chi connectivity index (χ2v) is 7.21. The Labute approximate surface area is 166 Å². The van der Waals surface area contributed by atoms with Crippen LogP contribution in [0.15, 0.2) is 30.3 Å². The number of carbonyl (C=O) groups is 1. The molecule has 0 aromatic heterocycles. The second-order valence-electron chi connectivity index (χ2n) is 6.81. The molecule has 0 atom stereocenters. The fraction of sp³-hybridized carbons (Fsp3) is 0.409. The highest BCUT2D eigenvalue weighted by Gasteiger charge is 2.18. The lowest BCUT2D eigenvalue weighted by atomic mass is 10.0. The first-order valence-electron chi connectivity index (χ1n) is 9.33. The predicted octanol–water partition coefficient (Wildman–Crippen LogP) is 5.76. The number of amides is 1. The molecule has 0 unspecified atom stereocenters. The first-order chi connectivity index (χ1) is 12.9. The molecule has 2 aromatic carbocycles. The number of hydrogen-bond acceptors (Lipinski definition) is 3. The molecule has 0 fully saturated rings. The van der Waals surface area contributed by atoms with Gasteiger partial charge in [-0.05, 0) is 42.0 Å². The minimum atomic E-state index is -0.221. The van der Waals surface area contributed by atoms with Crippen LogP contribution in [0.3, 0.4) is 0 Å². The summed E-state index contributed by atoms with van der Waals surface area (Å²) in [7, 11) is 1.54. The number of methoxy groups -OCH3 is 1. The molecule has 0 saturated carbocycles. The maximum absolute atomic E-state index is 12.9. The molecule has 0 radical (unpaired) electrons. The summed E-state index contributed by atoms with van der Waals surface area (Å²) in [4.78, 5) is 12.9. The molecule has 2 aromatic rings. The van der Waals surface area contributed by atoms with E-state index in [-0.39, 0.29) is 5.91 Å². The molecule has 146 valence electrons. The Bertz CT molecular complexity index is 780.